The van der Waals surface area contributed by atoms with Gasteiger partial charge in [-0.05, 0) is 53.4 Å². The fourth-order valence-electron chi connectivity index (χ4n) is 3.09. The van der Waals surface area contributed by atoms with E-state index in [1.807, 2.05) is 12.1 Å². The molecular formula is C25H24Cl2N2O3. The smallest absolute Gasteiger partial charge is 0.255 e. The summed E-state index contributed by atoms with van der Waals surface area (Å²) in [6.07, 6.45) is 0. The minimum Gasteiger partial charge on any atom is -0.494 e. The molecule has 0 fully saturated rings. The Labute approximate surface area is 197 Å². The third-order valence-corrected chi connectivity index (χ3v) is 5.42. The van der Waals surface area contributed by atoms with Crippen LogP contribution in [0.5, 0.6) is 5.75 Å². The van der Waals surface area contributed by atoms with Gasteiger partial charge in [0.2, 0.25) is 0 Å². The first-order chi connectivity index (χ1) is 15.1. The first-order valence-electron chi connectivity index (χ1n) is 9.95. The molecule has 3 rings (SSSR count). The van der Waals surface area contributed by atoms with E-state index in [0.717, 1.165) is 5.56 Å². The molecule has 0 unspecified atom stereocenters. The highest BCUT2D eigenvalue weighted by Crippen LogP contribution is 2.34. The van der Waals surface area contributed by atoms with Crippen molar-refractivity contribution in [3.8, 4) is 5.75 Å². The van der Waals surface area contributed by atoms with E-state index in [4.69, 9.17) is 27.9 Å². The minimum absolute atomic E-state index is 0.0138. The predicted molar refractivity (Wildman–Crippen MR) is 131 cm³/mol. The van der Waals surface area contributed by atoms with Crippen LogP contribution in [0.1, 0.15) is 47.1 Å². The minimum atomic E-state index is -0.391. The van der Waals surface area contributed by atoms with Crippen molar-refractivity contribution in [1.82, 2.24) is 0 Å². The largest absolute Gasteiger partial charge is 0.494 e. The molecule has 2 amide bonds. The molecule has 0 saturated carbocycles. The van der Waals surface area contributed by atoms with Crippen molar-refractivity contribution < 1.29 is 14.3 Å². The molecule has 0 spiro atoms. The van der Waals surface area contributed by atoms with Gasteiger partial charge in [0.15, 0.2) is 5.75 Å². The maximum atomic E-state index is 12.6. The summed E-state index contributed by atoms with van der Waals surface area (Å²) in [6, 6.07) is 17.4. The monoisotopic (exact) mass is 470 g/mol. The van der Waals surface area contributed by atoms with E-state index in [0.29, 0.717) is 22.7 Å². The van der Waals surface area contributed by atoms with E-state index in [-0.39, 0.29) is 26.9 Å². The highest BCUT2D eigenvalue weighted by Gasteiger charge is 2.16. The Morgan fingerprint density at radius 2 is 1.28 bits per heavy atom. The molecule has 0 saturated heterocycles. The van der Waals surface area contributed by atoms with E-state index < -0.39 is 5.91 Å². The summed E-state index contributed by atoms with van der Waals surface area (Å²) in [5, 5.41) is 6.11. The maximum absolute atomic E-state index is 12.6. The van der Waals surface area contributed by atoms with Crippen LogP contribution in [0, 0.1) is 0 Å². The van der Waals surface area contributed by atoms with Crippen molar-refractivity contribution in [2.24, 2.45) is 0 Å². The Hall–Kier alpha value is -3.02. The molecule has 32 heavy (non-hydrogen) atoms. The Kier molecular flexibility index (Phi) is 7.12. The number of methoxy groups -OCH3 is 1. The highest BCUT2D eigenvalue weighted by molar-refractivity contribution is 6.37. The fourth-order valence-corrected chi connectivity index (χ4v) is 3.73. The van der Waals surface area contributed by atoms with Gasteiger partial charge in [-0.3, -0.25) is 9.59 Å². The molecule has 0 aliphatic heterocycles. The summed E-state index contributed by atoms with van der Waals surface area (Å²) in [5.74, 6) is -0.314. The first kappa shape index (κ1) is 23.6. The summed E-state index contributed by atoms with van der Waals surface area (Å²) in [6.45, 7) is 6.36. The zero-order valence-electron chi connectivity index (χ0n) is 18.3. The molecule has 0 radical (unpaired) electrons. The van der Waals surface area contributed by atoms with Gasteiger partial charge in [-0.1, -0.05) is 62.2 Å². The highest BCUT2D eigenvalue weighted by atomic mass is 35.5. The number of anilines is 2. The van der Waals surface area contributed by atoms with Crippen LogP contribution in [-0.2, 0) is 5.41 Å². The van der Waals surface area contributed by atoms with Gasteiger partial charge in [-0.25, -0.2) is 0 Å². The lowest BCUT2D eigenvalue weighted by Gasteiger charge is -2.19. The molecular weight excluding hydrogens is 447 g/mol. The van der Waals surface area contributed by atoms with Crippen LogP contribution in [0.2, 0.25) is 10.0 Å². The first-order valence-corrected chi connectivity index (χ1v) is 10.7. The van der Waals surface area contributed by atoms with E-state index in [2.05, 4.69) is 31.4 Å². The molecule has 0 bridgehead atoms. The molecule has 0 aromatic heterocycles. The lowest BCUT2D eigenvalue weighted by molar-refractivity contribution is 0.101. The maximum Gasteiger partial charge on any atom is 0.255 e. The Morgan fingerprint density at radius 1 is 0.781 bits per heavy atom. The van der Waals surface area contributed by atoms with Crippen LogP contribution in [-0.4, -0.2) is 18.9 Å². The predicted octanol–water partition coefficient (Wildman–Crippen LogP) is 6.80. The van der Waals surface area contributed by atoms with Crippen molar-refractivity contribution in [1.29, 1.82) is 0 Å². The standard InChI is InChI=1S/C25H24Cl2N2O3/c1-25(2,3)17-10-8-15(9-11-17)23(30)28-18-6-5-7-19(14-18)29-24(31)16-12-20(26)22(32-4)21(27)13-16/h5-14H,1-4H3,(H,28,30)(H,29,31). The van der Waals surface area contributed by atoms with Gasteiger partial charge < -0.3 is 15.4 Å². The SMILES string of the molecule is COc1c(Cl)cc(C(=O)Nc2cccc(NC(=O)c3ccc(C(C)(C)C)cc3)c2)cc1Cl. The average molecular weight is 471 g/mol. The number of carbonyl (C=O) groups is 2. The topological polar surface area (TPSA) is 67.4 Å². The number of benzene rings is 3. The zero-order chi connectivity index (χ0) is 23.5. The zero-order valence-corrected chi connectivity index (χ0v) is 19.8. The number of halogens is 2. The van der Waals surface area contributed by atoms with Gasteiger partial charge >= 0.3 is 0 Å². The van der Waals surface area contributed by atoms with Gasteiger partial charge in [0.05, 0.1) is 17.2 Å². The van der Waals surface area contributed by atoms with Gasteiger partial charge in [0.25, 0.3) is 11.8 Å². The van der Waals surface area contributed by atoms with Crippen molar-refractivity contribution >= 4 is 46.4 Å². The summed E-state index contributed by atoms with van der Waals surface area (Å²) in [4.78, 5) is 25.3. The van der Waals surface area contributed by atoms with Crippen LogP contribution in [0.25, 0.3) is 0 Å². The van der Waals surface area contributed by atoms with Crippen molar-refractivity contribution in [3.05, 3.63) is 87.4 Å². The van der Waals surface area contributed by atoms with Crippen molar-refractivity contribution in [2.45, 2.75) is 26.2 Å². The van der Waals surface area contributed by atoms with Crippen LogP contribution in [0.3, 0.4) is 0 Å². The molecule has 5 nitrogen and oxygen atoms in total. The number of carbonyl (C=O) groups excluding carboxylic acids is 2. The summed E-state index contributed by atoms with van der Waals surface area (Å²) >= 11 is 12.2. The Morgan fingerprint density at radius 3 is 1.75 bits per heavy atom. The molecule has 166 valence electrons. The number of nitrogens with one attached hydrogen (secondary N) is 2. The van der Waals surface area contributed by atoms with Crippen LogP contribution < -0.4 is 15.4 Å². The lowest BCUT2D eigenvalue weighted by Crippen LogP contribution is -2.15. The molecule has 0 atom stereocenters. The second kappa shape index (κ2) is 9.63. The molecule has 7 heteroatoms. The summed E-state index contributed by atoms with van der Waals surface area (Å²) in [7, 11) is 1.45. The van der Waals surface area contributed by atoms with E-state index in [1.165, 1.54) is 19.2 Å². The number of ether oxygens (including phenoxy) is 1. The van der Waals surface area contributed by atoms with Crippen molar-refractivity contribution in [2.75, 3.05) is 17.7 Å². The normalized spacial score (nSPS) is 11.1. The van der Waals surface area contributed by atoms with Crippen LogP contribution >= 0.6 is 23.2 Å². The van der Waals surface area contributed by atoms with Crippen molar-refractivity contribution in [3.63, 3.8) is 0 Å². The summed E-state index contributed by atoms with van der Waals surface area (Å²) in [5.41, 5.74) is 3.07. The molecule has 2 N–H and O–H groups in total. The number of hydrogen-bond acceptors (Lipinski definition) is 3. The molecule has 3 aromatic rings. The van der Waals surface area contributed by atoms with Gasteiger partial charge in [0, 0.05) is 22.5 Å². The van der Waals surface area contributed by atoms with E-state index in [9.17, 15) is 9.59 Å². The number of amides is 2. The Bertz CT molecular complexity index is 1130. The third-order valence-electron chi connectivity index (χ3n) is 4.86. The average Bonchev–Trinajstić information content (AvgIpc) is 2.73. The fraction of sp³-hybridized carbons (Fsp3) is 0.200. The quantitative estimate of drug-likeness (QED) is 0.430. The van der Waals surface area contributed by atoms with Gasteiger partial charge in [-0.15, -0.1) is 0 Å². The summed E-state index contributed by atoms with van der Waals surface area (Å²) < 4.78 is 5.11. The second-order valence-corrected chi connectivity index (χ2v) is 9.10. The molecule has 0 aliphatic carbocycles. The van der Waals surface area contributed by atoms with Gasteiger partial charge in [0.1, 0.15) is 0 Å². The van der Waals surface area contributed by atoms with E-state index in [1.54, 1.807) is 36.4 Å². The molecule has 0 heterocycles. The Balaban J connectivity index is 1.71. The molecule has 0 aliphatic rings. The lowest BCUT2D eigenvalue weighted by atomic mass is 9.87. The number of rotatable bonds is 5. The second-order valence-electron chi connectivity index (χ2n) is 8.29. The number of hydrogen-bond donors (Lipinski definition) is 2. The third kappa shape index (κ3) is 5.61. The molecule has 3 aromatic carbocycles. The van der Waals surface area contributed by atoms with E-state index >= 15 is 0 Å². The van der Waals surface area contributed by atoms with Crippen LogP contribution in [0.15, 0.2) is 60.7 Å². The van der Waals surface area contributed by atoms with Gasteiger partial charge in [-0.2, -0.15) is 0 Å². The van der Waals surface area contributed by atoms with Crippen LogP contribution in [0.4, 0.5) is 11.4 Å².